The molecule has 1 aliphatic heterocycles. The number of rotatable bonds is 6. The van der Waals surface area contributed by atoms with Crippen LogP contribution >= 0.6 is 0 Å². The predicted molar refractivity (Wildman–Crippen MR) is 94.4 cm³/mol. The first-order chi connectivity index (χ1) is 12.1. The molecule has 2 aliphatic rings. The standard InChI is InChI=1S/C19H31N3O3/c1-4-16(24-15-9-5-6-10-15)19(23)22-11-7-8-14(12-22)17-20-18(13(2)3)25-21-17/h13-16H,4-12H2,1-3H3. The first-order valence-corrected chi connectivity index (χ1v) is 9.86. The van der Waals surface area contributed by atoms with E-state index in [9.17, 15) is 4.79 Å². The van der Waals surface area contributed by atoms with Gasteiger partial charge in [0.25, 0.3) is 5.91 Å². The number of ether oxygens (including phenoxy) is 1. The highest BCUT2D eigenvalue weighted by molar-refractivity contribution is 5.81. The number of piperidine rings is 1. The van der Waals surface area contributed by atoms with Crippen molar-refractivity contribution in [2.24, 2.45) is 0 Å². The van der Waals surface area contributed by atoms with Crippen LogP contribution < -0.4 is 0 Å². The molecule has 2 heterocycles. The van der Waals surface area contributed by atoms with Crippen LogP contribution in [0.15, 0.2) is 4.52 Å². The molecule has 1 saturated heterocycles. The van der Waals surface area contributed by atoms with Crippen molar-refractivity contribution in [3.63, 3.8) is 0 Å². The van der Waals surface area contributed by atoms with Crippen LogP contribution in [0, 0.1) is 0 Å². The summed E-state index contributed by atoms with van der Waals surface area (Å²) >= 11 is 0. The monoisotopic (exact) mass is 349 g/mol. The summed E-state index contributed by atoms with van der Waals surface area (Å²) in [6.07, 6.45) is 7.28. The predicted octanol–water partition coefficient (Wildman–Crippen LogP) is 3.64. The van der Waals surface area contributed by atoms with E-state index in [-0.39, 0.29) is 30.0 Å². The van der Waals surface area contributed by atoms with Gasteiger partial charge < -0.3 is 14.2 Å². The third kappa shape index (κ3) is 4.40. The molecule has 25 heavy (non-hydrogen) atoms. The first kappa shape index (κ1) is 18.4. The number of hydrogen-bond acceptors (Lipinski definition) is 5. The van der Waals surface area contributed by atoms with Crippen LogP contribution in [0.1, 0.15) is 89.3 Å². The Hall–Kier alpha value is -1.43. The molecule has 0 spiro atoms. The Balaban J connectivity index is 1.61. The molecule has 0 bridgehead atoms. The van der Waals surface area contributed by atoms with E-state index in [2.05, 4.69) is 10.1 Å². The van der Waals surface area contributed by atoms with Crippen molar-refractivity contribution in [1.29, 1.82) is 0 Å². The molecule has 1 aromatic rings. The molecule has 0 radical (unpaired) electrons. The molecule has 2 fully saturated rings. The fourth-order valence-corrected chi connectivity index (χ4v) is 3.83. The number of carbonyl (C=O) groups is 1. The van der Waals surface area contributed by atoms with E-state index < -0.39 is 0 Å². The van der Waals surface area contributed by atoms with Gasteiger partial charge in [-0.3, -0.25) is 4.79 Å². The van der Waals surface area contributed by atoms with Gasteiger partial charge in [-0.15, -0.1) is 0 Å². The maximum absolute atomic E-state index is 12.9. The highest BCUT2D eigenvalue weighted by atomic mass is 16.5. The van der Waals surface area contributed by atoms with Gasteiger partial charge in [-0.25, -0.2) is 0 Å². The zero-order valence-electron chi connectivity index (χ0n) is 15.7. The van der Waals surface area contributed by atoms with Crippen molar-refractivity contribution in [1.82, 2.24) is 15.0 Å². The Morgan fingerprint density at radius 2 is 2.04 bits per heavy atom. The van der Waals surface area contributed by atoms with Gasteiger partial charge in [0.2, 0.25) is 5.89 Å². The molecule has 1 aliphatic carbocycles. The molecule has 1 saturated carbocycles. The Bertz CT molecular complexity index is 566. The van der Waals surface area contributed by atoms with Crippen molar-refractivity contribution >= 4 is 5.91 Å². The van der Waals surface area contributed by atoms with Gasteiger partial charge in [-0.2, -0.15) is 4.98 Å². The average Bonchev–Trinajstić information content (AvgIpc) is 3.31. The average molecular weight is 349 g/mol. The molecule has 1 amide bonds. The van der Waals surface area contributed by atoms with Crippen molar-refractivity contribution < 1.29 is 14.1 Å². The number of hydrogen-bond donors (Lipinski definition) is 0. The van der Waals surface area contributed by atoms with E-state index >= 15 is 0 Å². The highest BCUT2D eigenvalue weighted by Gasteiger charge is 2.33. The summed E-state index contributed by atoms with van der Waals surface area (Å²) in [5.41, 5.74) is 0. The third-order valence-corrected chi connectivity index (χ3v) is 5.35. The molecule has 3 rings (SSSR count). The van der Waals surface area contributed by atoms with Crippen LogP contribution in [0.5, 0.6) is 0 Å². The van der Waals surface area contributed by atoms with Gasteiger partial charge >= 0.3 is 0 Å². The molecule has 0 aromatic carbocycles. The summed E-state index contributed by atoms with van der Waals surface area (Å²) in [6.45, 7) is 7.59. The van der Waals surface area contributed by atoms with Gasteiger partial charge in [0.15, 0.2) is 5.82 Å². The second-order valence-corrected chi connectivity index (χ2v) is 7.71. The number of aromatic nitrogens is 2. The van der Waals surface area contributed by atoms with Crippen molar-refractivity contribution in [2.75, 3.05) is 13.1 Å². The van der Waals surface area contributed by atoms with Gasteiger partial charge in [0.05, 0.1) is 6.10 Å². The van der Waals surface area contributed by atoms with E-state index in [0.29, 0.717) is 12.4 Å². The first-order valence-electron chi connectivity index (χ1n) is 9.86. The third-order valence-electron chi connectivity index (χ3n) is 5.35. The quantitative estimate of drug-likeness (QED) is 0.784. The zero-order valence-corrected chi connectivity index (χ0v) is 15.7. The van der Waals surface area contributed by atoms with Gasteiger partial charge in [-0.05, 0) is 32.1 Å². The van der Waals surface area contributed by atoms with Crippen LogP contribution in [-0.2, 0) is 9.53 Å². The number of nitrogens with zero attached hydrogens (tertiary/aromatic N) is 3. The van der Waals surface area contributed by atoms with Gasteiger partial charge in [0, 0.05) is 24.9 Å². The Kier molecular flexibility index (Phi) is 6.10. The lowest BCUT2D eigenvalue weighted by atomic mass is 9.96. The van der Waals surface area contributed by atoms with E-state index in [0.717, 1.165) is 44.5 Å². The fraction of sp³-hybridized carbons (Fsp3) is 0.842. The normalized spacial score (nSPS) is 23.4. The van der Waals surface area contributed by atoms with Crippen molar-refractivity contribution in [3.8, 4) is 0 Å². The maximum atomic E-state index is 12.9. The molecule has 140 valence electrons. The van der Waals surface area contributed by atoms with E-state index in [1.54, 1.807) is 0 Å². The highest BCUT2D eigenvalue weighted by Crippen LogP contribution is 2.28. The second kappa shape index (κ2) is 8.30. The molecular formula is C19H31N3O3. The molecule has 1 aromatic heterocycles. The van der Waals surface area contributed by atoms with Crippen LogP contribution in [0.3, 0.4) is 0 Å². The van der Waals surface area contributed by atoms with E-state index in [1.807, 2.05) is 25.7 Å². The minimum absolute atomic E-state index is 0.131. The van der Waals surface area contributed by atoms with Crippen LogP contribution in [0.25, 0.3) is 0 Å². The van der Waals surface area contributed by atoms with E-state index in [1.165, 1.54) is 12.8 Å². The summed E-state index contributed by atoms with van der Waals surface area (Å²) in [5, 5.41) is 4.15. The smallest absolute Gasteiger partial charge is 0.251 e. The van der Waals surface area contributed by atoms with Gasteiger partial charge in [0.1, 0.15) is 6.10 Å². The molecule has 6 heteroatoms. The number of carbonyl (C=O) groups excluding carboxylic acids is 1. The summed E-state index contributed by atoms with van der Waals surface area (Å²) < 4.78 is 11.5. The largest absolute Gasteiger partial charge is 0.365 e. The van der Waals surface area contributed by atoms with Crippen LogP contribution in [0.4, 0.5) is 0 Å². The SMILES string of the molecule is CCC(OC1CCCC1)C(=O)N1CCCC(c2noc(C(C)C)n2)C1. The molecular weight excluding hydrogens is 318 g/mol. The summed E-state index contributed by atoms with van der Waals surface area (Å²) in [5.74, 6) is 1.94. The summed E-state index contributed by atoms with van der Waals surface area (Å²) in [6, 6.07) is 0. The minimum Gasteiger partial charge on any atom is -0.365 e. The van der Waals surface area contributed by atoms with E-state index in [4.69, 9.17) is 9.26 Å². The zero-order chi connectivity index (χ0) is 17.8. The fourth-order valence-electron chi connectivity index (χ4n) is 3.83. The molecule has 2 unspecified atom stereocenters. The van der Waals surface area contributed by atoms with Gasteiger partial charge in [-0.1, -0.05) is 38.8 Å². The lowest BCUT2D eigenvalue weighted by Gasteiger charge is -2.34. The topological polar surface area (TPSA) is 68.5 Å². The Labute approximate surface area is 150 Å². The number of likely N-dealkylation sites (tertiary alicyclic amines) is 1. The minimum atomic E-state index is -0.307. The van der Waals surface area contributed by atoms with Crippen LogP contribution in [-0.4, -0.2) is 46.2 Å². The number of amides is 1. The Morgan fingerprint density at radius 3 is 2.68 bits per heavy atom. The second-order valence-electron chi connectivity index (χ2n) is 7.71. The molecule has 6 nitrogen and oxygen atoms in total. The van der Waals surface area contributed by atoms with Crippen LogP contribution in [0.2, 0.25) is 0 Å². The lowest BCUT2D eigenvalue weighted by Crippen LogP contribution is -2.46. The lowest BCUT2D eigenvalue weighted by molar-refractivity contribution is -0.149. The summed E-state index contributed by atoms with van der Waals surface area (Å²) in [4.78, 5) is 19.4. The molecule has 2 atom stereocenters. The summed E-state index contributed by atoms with van der Waals surface area (Å²) in [7, 11) is 0. The van der Waals surface area contributed by atoms with Crippen molar-refractivity contribution in [2.45, 2.75) is 89.8 Å². The Morgan fingerprint density at radius 1 is 1.28 bits per heavy atom. The maximum Gasteiger partial charge on any atom is 0.251 e. The molecule has 0 N–H and O–H groups in total. The van der Waals surface area contributed by atoms with Crippen molar-refractivity contribution in [3.05, 3.63) is 11.7 Å².